The molecule has 0 saturated carbocycles. The van der Waals surface area contributed by atoms with Gasteiger partial charge in [-0.2, -0.15) is 0 Å². The molecule has 0 saturated heterocycles. The lowest BCUT2D eigenvalue weighted by molar-refractivity contribution is -0.132. The molecule has 0 spiro atoms. The summed E-state index contributed by atoms with van der Waals surface area (Å²) in [5, 5.41) is 1.20. The van der Waals surface area contributed by atoms with E-state index in [0.29, 0.717) is 25.9 Å². The maximum Gasteiger partial charge on any atom is 0.223 e. The van der Waals surface area contributed by atoms with Gasteiger partial charge in [-0.1, -0.05) is 54.6 Å². The first-order valence-corrected chi connectivity index (χ1v) is 9.94. The van der Waals surface area contributed by atoms with Crippen LogP contribution in [0.1, 0.15) is 23.2 Å². The first-order chi connectivity index (χ1) is 14.2. The Kier molecular flexibility index (Phi) is 5.71. The number of aryl methyl sites for hydroxylation is 2. The van der Waals surface area contributed by atoms with Crippen molar-refractivity contribution in [1.82, 2.24) is 14.5 Å². The van der Waals surface area contributed by atoms with Gasteiger partial charge in [-0.3, -0.25) is 9.78 Å². The lowest BCUT2D eigenvalue weighted by Crippen LogP contribution is -2.31. The van der Waals surface area contributed by atoms with Crippen molar-refractivity contribution in [1.29, 1.82) is 0 Å². The van der Waals surface area contributed by atoms with Gasteiger partial charge in [-0.05, 0) is 41.1 Å². The van der Waals surface area contributed by atoms with E-state index in [2.05, 4.69) is 46.9 Å². The minimum atomic E-state index is 0.156. The largest absolute Gasteiger partial charge is 0.346 e. The van der Waals surface area contributed by atoms with E-state index in [0.717, 1.165) is 16.8 Å². The average Bonchev–Trinajstić information content (AvgIpc) is 3.08. The van der Waals surface area contributed by atoms with Crippen molar-refractivity contribution in [3.63, 3.8) is 0 Å². The van der Waals surface area contributed by atoms with Crippen LogP contribution in [-0.2, 0) is 31.4 Å². The number of fused-ring (bicyclic) bond motifs is 1. The van der Waals surface area contributed by atoms with Gasteiger partial charge in [0.25, 0.3) is 0 Å². The molecule has 0 aliphatic heterocycles. The van der Waals surface area contributed by atoms with Gasteiger partial charge in [0.05, 0.1) is 6.54 Å². The summed E-state index contributed by atoms with van der Waals surface area (Å²) in [5.41, 5.74) is 4.55. The maximum atomic E-state index is 13.1. The summed E-state index contributed by atoms with van der Waals surface area (Å²) in [4.78, 5) is 19.3. The predicted octanol–water partition coefficient (Wildman–Crippen LogP) is 4.73. The Balaban J connectivity index is 1.55. The van der Waals surface area contributed by atoms with Crippen molar-refractivity contribution in [2.75, 3.05) is 0 Å². The van der Waals surface area contributed by atoms with Crippen molar-refractivity contribution >= 4 is 16.8 Å². The highest BCUT2D eigenvalue weighted by Gasteiger charge is 2.17. The van der Waals surface area contributed by atoms with Gasteiger partial charge >= 0.3 is 0 Å². The number of rotatable bonds is 7. The van der Waals surface area contributed by atoms with Crippen molar-refractivity contribution in [3.05, 3.63) is 102 Å². The van der Waals surface area contributed by atoms with Gasteiger partial charge in [0.1, 0.15) is 0 Å². The third-order valence-corrected chi connectivity index (χ3v) is 5.32. The minimum Gasteiger partial charge on any atom is -0.346 e. The van der Waals surface area contributed by atoms with Gasteiger partial charge < -0.3 is 9.47 Å². The number of aromatic nitrogens is 2. The molecule has 0 N–H and O–H groups in total. The summed E-state index contributed by atoms with van der Waals surface area (Å²) in [5.74, 6) is 0.156. The summed E-state index contributed by atoms with van der Waals surface area (Å²) < 4.78 is 2.18. The number of hydrogen-bond donors (Lipinski definition) is 0. The minimum absolute atomic E-state index is 0.156. The SMILES string of the molecule is Cn1c(CN(Cc2ccccc2)C(=O)CCc2cccnc2)cc2ccccc21. The molecule has 1 amide bonds. The van der Waals surface area contributed by atoms with E-state index in [4.69, 9.17) is 0 Å². The molecular weight excluding hydrogens is 358 g/mol. The van der Waals surface area contributed by atoms with E-state index in [1.54, 1.807) is 6.20 Å². The van der Waals surface area contributed by atoms with E-state index >= 15 is 0 Å². The average molecular weight is 383 g/mol. The zero-order valence-electron chi connectivity index (χ0n) is 16.7. The van der Waals surface area contributed by atoms with Crippen molar-refractivity contribution < 1.29 is 4.79 Å². The molecule has 146 valence electrons. The van der Waals surface area contributed by atoms with Crippen LogP contribution < -0.4 is 0 Å². The Morgan fingerprint density at radius 2 is 1.69 bits per heavy atom. The van der Waals surface area contributed by atoms with Crippen molar-refractivity contribution in [3.8, 4) is 0 Å². The summed E-state index contributed by atoms with van der Waals surface area (Å²) in [6.45, 7) is 1.19. The lowest BCUT2D eigenvalue weighted by Gasteiger charge is -2.23. The number of pyridine rings is 1. The van der Waals surface area contributed by atoms with E-state index in [-0.39, 0.29) is 5.91 Å². The molecule has 0 bridgehead atoms. The van der Waals surface area contributed by atoms with E-state index in [1.807, 2.05) is 53.6 Å². The summed E-state index contributed by atoms with van der Waals surface area (Å²) in [6.07, 6.45) is 4.77. The molecule has 0 aliphatic rings. The molecule has 0 radical (unpaired) electrons. The normalized spacial score (nSPS) is 10.9. The first-order valence-electron chi connectivity index (χ1n) is 9.94. The summed E-state index contributed by atoms with van der Waals surface area (Å²) in [7, 11) is 2.07. The Bertz CT molecular complexity index is 1090. The van der Waals surface area contributed by atoms with Gasteiger partial charge in [0, 0.05) is 43.6 Å². The second kappa shape index (κ2) is 8.74. The first kappa shape index (κ1) is 18.9. The Hall–Kier alpha value is -3.40. The standard InChI is InChI=1S/C25H25N3O/c1-27-23(16-22-11-5-6-12-24(22)27)19-28(18-21-8-3-2-4-9-21)25(29)14-13-20-10-7-15-26-17-20/h2-12,15-17H,13-14,18-19H2,1H3. The summed E-state index contributed by atoms with van der Waals surface area (Å²) >= 11 is 0. The third-order valence-electron chi connectivity index (χ3n) is 5.32. The van der Waals surface area contributed by atoms with Crippen LogP contribution in [0, 0.1) is 0 Å². The van der Waals surface area contributed by atoms with Gasteiger partial charge in [-0.15, -0.1) is 0 Å². The Morgan fingerprint density at radius 1 is 0.931 bits per heavy atom. The van der Waals surface area contributed by atoms with Crippen LogP contribution >= 0.6 is 0 Å². The highest BCUT2D eigenvalue weighted by Crippen LogP contribution is 2.21. The number of benzene rings is 2. The maximum absolute atomic E-state index is 13.1. The monoisotopic (exact) mass is 383 g/mol. The van der Waals surface area contributed by atoms with Gasteiger partial charge in [-0.25, -0.2) is 0 Å². The Morgan fingerprint density at radius 3 is 2.45 bits per heavy atom. The van der Waals surface area contributed by atoms with Gasteiger partial charge in [0.2, 0.25) is 5.91 Å². The van der Waals surface area contributed by atoms with Crippen molar-refractivity contribution in [2.45, 2.75) is 25.9 Å². The fourth-order valence-corrected chi connectivity index (χ4v) is 3.68. The van der Waals surface area contributed by atoms with Crippen LogP contribution in [0.3, 0.4) is 0 Å². The molecule has 0 atom stereocenters. The number of hydrogen-bond acceptors (Lipinski definition) is 2. The van der Waals surface area contributed by atoms with Crippen LogP contribution in [0.2, 0.25) is 0 Å². The number of para-hydroxylation sites is 1. The molecule has 0 unspecified atom stereocenters. The number of carbonyl (C=O) groups is 1. The van der Waals surface area contributed by atoms with Crippen LogP contribution in [0.4, 0.5) is 0 Å². The number of amides is 1. The second-order valence-corrected chi connectivity index (χ2v) is 7.35. The van der Waals surface area contributed by atoms with Crippen LogP contribution in [-0.4, -0.2) is 20.4 Å². The highest BCUT2D eigenvalue weighted by molar-refractivity contribution is 5.81. The molecular formula is C25H25N3O. The quantitative estimate of drug-likeness (QED) is 0.462. The topological polar surface area (TPSA) is 38.1 Å². The predicted molar refractivity (Wildman–Crippen MR) is 116 cm³/mol. The van der Waals surface area contributed by atoms with E-state index in [1.165, 1.54) is 10.9 Å². The van der Waals surface area contributed by atoms with Crippen molar-refractivity contribution in [2.24, 2.45) is 7.05 Å². The third kappa shape index (κ3) is 4.54. The molecule has 0 fully saturated rings. The van der Waals surface area contributed by atoms with E-state index < -0.39 is 0 Å². The molecule has 2 aromatic carbocycles. The molecule has 4 heteroatoms. The molecule has 2 heterocycles. The van der Waals surface area contributed by atoms with Crippen LogP contribution in [0.5, 0.6) is 0 Å². The second-order valence-electron chi connectivity index (χ2n) is 7.35. The van der Waals surface area contributed by atoms with Crippen LogP contribution in [0.25, 0.3) is 10.9 Å². The molecule has 2 aromatic heterocycles. The Labute approximate surface area is 171 Å². The fraction of sp³-hybridized carbons (Fsp3) is 0.200. The molecule has 4 aromatic rings. The molecule has 0 aliphatic carbocycles. The summed E-state index contributed by atoms with van der Waals surface area (Å²) in [6, 6.07) is 24.6. The van der Waals surface area contributed by atoms with Crippen LogP contribution in [0.15, 0.2) is 85.2 Å². The smallest absolute Gasteiger partial charge is 0.223 e. The lowest BCUT2D eigenvalue weighted by atomic mass is 10.1. The molecule has 29 heavy (non-hydrogen) atoms. The zero-order valence-corrected chi connectivity index (χ0v) is 16.7. The molecule has 4 nitrogen and oxygen atoms in total. The fourth-order valence-electron chi connectivity index (χ4n) is 3.68. The zero-order chi connectivity index (χ0) is 20.1. The highest BCUT2D eigenvalue weighted by atomic mass is 16.2. The van der Waals surface area contributed by atoms with E-state index in [9.17, 15) is 4.79 Å². The molecule has 4 rings (SSSR count). The van der Waals surface area contributed by atoms with Gasteiger partial charge in [0.15, 0.2) is 0 Å². The number of nitrogens with zero attached hydrogens (tertiary/aromatic N) is 3. The number of carbonyl (C=O) groups excluding carboxylic acids is 1.